The molecule has 0 N–H and O–H groups in total. The zero-order chi connectivity index (χ0) is 31.3. The van der Waals surface area contributed by atoms with Crippen molar-refractivity contribution >= 4 is 17.1 Å². The Labute approximate surface area is 254 Å². The van der Waals surface area contributed by atoms with Gasteiger partial charge in [0.25, 0.3) is 5.56 Å². The molecule has 3 aromatic carbocycles. The van der Waals surface area contributed by atoms with Crippen LogP contribution < -0.4 is 19.8 Å². The quantitative estimate of drug-likeness (QED) is 0.133. The van der Waals surface area contributed by atoms with E-state index in [4.69, 9.17) is 24.3 Å². The van der Waals surface area contributed by atoms with Gasteiger partial charge in [-0.1, -0.05) is 52.8 Å². The first kappa shape index (κ1) is 31.5. The minimum Gasteiger partial charge on any atom is -0.494 e. The molecule has 0 unspecified atom stereocenters. The van der Waals surface area contributed by atoms with Crippen LogP contribution in [0.4, 0.5) is 0 Å². The molecule has 4 aromatic rings. The van der Waals surface area contributed by atoms with Gasteiger partial charge in [-0.05, 0) is 84.7 Å². The third-order valence-electron chi connectivity index (χ3n) is 6.98. The summed E-state index contributed by atoms with van der Waals surface area (Å²) in [4.78, 5) is 18.8. The van der Waals surface area contributed by atoms with Crippen LogP contribution in [-0.4, -0.2) is 36.2 Å². The molecule has 0 amide bonds. The molecule has 0 fully saturated rings. The van der Waals surface area contributed by atoms with Gasteiger partial charge in [0.1, 0.15) is 5.75 Å². The third-order valence-corrected chi connectivity index (χ3v) is 6.98. The molecule has 0 atom stereocenters. The lowest BCUT2D eigenvalue weighted by atomic mass is 9.96. The van der Waals surface area contributed by atoms with E-state index in [2.05, 4.69) is 47.3 Å². The van der Waals surface area contributed by atoms with E-state index in [9.17, 15) is 4.79 Å². The van der Waals surface area contributed by atoms with E-state index in [-0.39, 0.29) is 16.9 Å². The standard InChI is InChI=1S/C36H43N3O4/c1-10-14-26-18-25(19-32(41-9)33(26)43-22-36(6,7)8)21-37-39-34(38-30-16-13-12-15-27(30)35(39)40)29-20-28(23(3)4)31(42-11-2)17-24(29)5/h10,12-13,15-21,23H,1,11,14,22H2,2-9H3. The second-order valence-corrected chi connectivity index (χ2v) is 12.2. The Morgan fingerprint density at radius 2 is 1.81 bits per heavy atom. The number of hydrogen-bond acceptors (Lipinski definition) is 6. The molecule has 4 rings (SSSR count). The average molecular weight is 582 g/mol. The lowest BCUT2D eigenvalue weighted by molar-refractivity contribution is 0.190. The van der Waals surface area contributed by atoms with Crippen molar-refractivity contribution in [3.8, 4) is 28.6 Å². The highest BCUT2D eigenvalue weighted by Gasteiger charge is 2.20. The lowest BCUT2D eigenvalue weighted by Crippen LogP contribution is -2.21. The molecule has 7 nitrogen and oxygen atoms in total. The van der Waals surface area contributed by atoms with Crippen LogP contribution in [0.25, 0.3) is 22.3 Å². The van der Waals surface area contributed by atoms with Gasteiger partial charge < -0.3 is 14.2 Å². The fourth-order valence-corrected chi connectivity index (χ4v) is 4.87. The summed E-state index contributed by atoms with van der Waals surface area (Å²) in [5, 5.41) is 5.22. The van der Waals surface area contributed by atoms with E-state index in [1.807, 2.05) is 56.3 Å². The number of allylic oxidation sites excluding steroid dienone is 1. The van der Waals surface area contributed by atoms with E-state index in [1.165, 1.54) is 4.68 Å². The molecule has 0 aliphatic heterocycles. The Morgan fingerprint density at radius 1 is 1.07 bits per heavy atom. The Kier molecular flexibility index (Phi) is 9.74. The largest absolute Gasteiger partial charge is 0.494 e. The monoisotopic (exact) mass is 581 g/mol. The van der Waals surface area contributed by atoms with Gasteiger partial charge in [-0.25, -0.2) is 4.98 Å². The summed E-state index contributed by atoms with van der Waals surface area (Å²) >= 11 is 0. The fourth-order valence-electron chi connectivity index (χ4n) is 4.87. The molecule has 7 heteroatoms. The zero-order valence-electron chi connectivity index (χ0n) is 26.7. The smallest absolute Gasteiger partial charge is 0.282 e. The second-order valence-electron chi connectivity index (χ2n) is 12.2. The Bertz CT molecular complexity index is 1710. The summed E-state index contributed by atoms with van der Waals surface area (Å²) in [6.45, 7) is 19.6. The maximum Gasteiger partial charge on any atom is 0.282 e. The van der Waals surface area contributed by atoms with Crippen LogP contribution >= 0.6 is 0 Å². The molecule has 0 radical (unpaired) electrons. The second kappa shape index (κ2) is 13.3. The number of aryl methyl sites for hydroxylation is 1. The van der Waals surface area contributed by atoms with Crippen LogP contribution in [-0.2, 0) is 6.42 Å². The molecule has 43 heavy (non-hydrogen) atoms. The van der Waals surface area contributed by atoms with Crippen LogP contribution in [0.15, 0.2) is 71.1 Å². The summed E-state index contributed by atoms with van der Waals surface area (Å²) < 4.78 is 19.3. The molecular weight excluding hydrogens is 538 g/mol. The topological polar surface area (TPSA) is 74.9 Å². The highest BCUT2D eigenvalue weighted by atomic mass is 16.5. The Hall–Kier alpha value is -4.39. The Morgan fingerprint density at radius 3 is 2.47 bits per heavy atom. The van der Waals surface area contributed by atoms with Crippen molar-refractivity contribution < 1.29 is 14.2 Å². The summed E-state index contributed by atoms with van der Waals surface area (Å²) in [7, 11) is 1.62. The minimum absolute atomic E-state index is 0.0221. The number of rotatable bonds is 11. The van der Waals surface area contributed by atoms with Crippen molar-refractivity contribution in [3.63, 3.8) is 0 Å². The number of fused-ring (bicyclic) bond motifs is 1. The number of para-hydroxylation sites is 1. The number of nitrogens with zero attached hydrogens (tertiary/aromatic N) is 3. The van der Waals surface area contributed by atoms with E-state index in [0.29, 0.717) is 47.9 Å². The van der Waals surface area contributed by atoms with Crippen molar-refractivity contribution in [3.05, 3.63) is 93.8 Å². The third kappa shape index (κ3) is 7.16. The predicted octanol–water partition coefficient (Wildman–Crippen LogP) is 7.94. The maximum atomic E-state index is 13.9. The zero-order valence-corrected chi connectivity index (χ0v) is 26.7. The molecule has 0 bridgehead atoms. The highest BCUT2D eigenvalue weighted by molar-refractivity contribution is 5.83. The Balaban J connectivity index is 1.91. The molecular formula is C36H43N3O4. The van der Waals surface area contributed by atoms with Gasteiger partial charge in [0.15, 0.2) is 17.3 Å². The first-order valence-corrected chi connectivity index (χ1v) is 14.8. The number of aromatic nitrogens is 2. The van der Waals surface area contributed by atoms with Crippen molar-refractivity contribution in [2.45, 2.75) is 60.8 Å². The highest BCUT2D eigenvalue weighted by Crippen LogP contribution is 2.36. The SMILES string of the molecule is C=CCc1cc(C=Nn2c(-c3cc(C(C)C)c(OCC)cc3C)nc3ccccc3c2=O)cc(OC)c1OCC(C)(C)C. The van der Waals surface area contributed by atoms with Gasteiger partial charge >= 0.3 is 0 Å². The van der Waals surface area contributed by atoms with Crippen LogP contribution in [0.5, 0.6) is 17.2 Å². The molecule has 1 heterocycles. The van der Waals surface area contributed by atoms with Crippen LogP contribution in [0, 0.1) is 12.3 Å². The molecule has 0 aliphatic carbocycles. The van der Waals surface area contributed by atoms with E-state index in [1.54, 1.807) is 19.4 Å². The summed E-state index contributed by atoms with van der Waals surface area (Å²) in [5.41, 5.74) is 4.83. The number of hydrogen-bond donors (Lipinski definition) is 0. The van der Waals surface area contributed by atoms with Gasteiger partial charge in [0, 0.05) is 11.1 Å². The van der Waals surface area contributed by atoms with Crippen LogP contribution in [0.1, 0.15) is 69.7 Å². The average Bonchev–Trinajstić information content (AvgIpc) is 2.95. The van der Waals surface area contributed by atoms with Crippen molar-refractivity contribution in [2.24, 2.45) is 10.5 Å². The number of methoxy groups -OCH3 is 1. The molecule has 1 aromatic heterocycles. The molecule has 0 saturated carbocycles. The number of ether oxygens (including phenoxy) is 3. The molecule has 226 valence electrons. The predicted molar refractivity (Wildman–Crippen MR) is 176 cm³/mol. The lowest BCUT2D eigenvalue weighted by Gasteiger charge is -2.22. The van der Waals surface area contributed by atoms with Gasteiger partial charge in [-0.3, -0.25) is 4.79 Å². The summed E-state index contributed by atoms with van der Waals surface area (Å²) in [6.07, 6.45) is 4.08. The number of benzene rings is 3. The van der Waals surface area contributed by atoms with E-state index >= 15 is 0 Å². The first-order valence-electron chi connectivity index (χ1n) is 14.8. The van der Waals surface area contributed by atoms with Crippen molar-refractivity contribution in [2.75, 3.05) is 20.3 Å². The van der Waals surface area contributed by atoms with Gasteiger partial charge in [-0.2, -0.15) is 9.78 Å². The van der Waals surface area contributed by atoms with Crippen LogP contribution in [0.2, 0.25) is 0 Å². The van der Waals surface area contributed by atoms with E-state index < -0.39 is 0 Å². The molecule has 0 spiro atoms. The normalized spacial score (nSPS) is 11.8. The fraction of sp³-hybridized carbons (Fsp3) is 0.361. The van der Waals surface area contributed by atoms with Crippen molar-refractivity contribution in [1.82, 2.24) is 9.66 Å². The van der Waals surface area contributed by atoms with Gasteiger partial charge in [0.2, 0.25) is 0 Å². The van der Waals surface area contributed by atoms with Gasteiger partial charge in [0.05, 0.1) is 37.4 Å². The van der Waals surface area contributed by atoms with Crippen molar-refractivity contribution in [1.29, 1.82) is 0 Å². The van der Waals surface area contributed by atoms with Gasteiger partial charge in [-0.15, -0.1) is 6.58 Å². The minimum atomic E-state index is -0.250. The van der Waals surface area contributed by atoms with E-state index in [0.717, 1.165) is 33.6 Å². The molecule has 0 saturated heterocycles. The summed E-state index contributed by atoms with van der Waals surface area (Å²) in [5.74, 6) is 2.79. The summed E-state index contributed by atoms with van der Waals surface area (Å²) in [6, 6.07) is 15.3. The maximum absolute atomic E-state index is 13.9. The molecule has 0 aliphatic rings. The first-order chi connectivity index (χ1) is 20.5. The van der Waals surface area contributed by atoms with Crippen LogP contribution in [0.3, 0.4) is 0 Å².